The summed E-state index contributed by atoms with van der Waals surface area (Å²) < 4.78 is 16.1. The molecule has 1 aromatic carbocycles. The fourth-order valence-electron chi connectivity index (χ4n) is 4.03. The van der Waals surface area contributed by atoms with E-state index in [0.717, 1.165) is 37.3 Å². The van der Waals surface area contributed by atoms with Crippen molar-refractivity contribution in [3.63, 3.8) is 0 Å². The molecule has 0 bridgehead atoms. The summed E-state index contributed by atoms with van der Waals surface area (Å²) >= 11 is 0. The minimum Gasteiger partial charge on any atom is -0.497 e. The molecule has 1 N–H and O–H groups in total. The van der Waals surface area contributed by atoms with Gasteiger partial charge in [-0.1, -0.05) is 13.8 Å². The van der Waals surface area contributed by atoms with Crippen LogP contribution < -0.4 is 15.7 Å². The number of hydrogen-bond acceptors (Lipinski definition) is 6. The van der Waals surface area contributed by atoms with Gasteiger partial charge in [-0.05, 0) is 37.0 Å². The molecule has 0 saturated carbocycles. The number of nitrogens with one attached hydrogen (secondary N) is 1. The molecule has 0 aliphatic carbocycles. The van der Waals surface area contributed by atoms with Crippen LogP contribution in [0.2, 0.25) is 0 Å². The van der Waals surface area contributed by atoms with E-state index in [0.29, 0.717) is 35.8 Å². The zero-order valence-electron chi connectivity index (χ0n) is 18.3. The van der Waals surface area contributed by atoms with Crippen LogP contribution in [0, 0.1) is 12.8 Å². The molecule has 2 heterocycles. The van der Waals surface area contributed by atoms with Crippen LogP contribution in [0.5, 0.6) is 5.75 Å². The zero-order chi connectivity index (χ0) is 21.7. The van der Waals surface area contributed by atoms with E-state index in [1.54, 1.807) is 13.2 Å². The van der Waals surface area contributed by atoms with Crippen molar-refractivity contribution in [3.8, 4) is 5.75 Å². The molecule has 7 nitrogen and oxygen atoms in total. The Morgan fingerprint density at radius 2 is 2.00 bits per heavy atom. The smallest absolute Gasteiger partial charge is 0.339 e. The Bertz CT molecular complexity index is 931. The maximum Gasteiger partial charge on any atom is 0.339 e. The average molecular weight is 417 g/mol. The summed E-state index contributed by atoms with van der Waals surface area (Å²) in [4.78, 5) is 27.3. The molecule has 1 aliphatic rings. The van der Waals surface area contributed by atoms with Gasteiger partial charge < -0.3 is 19.2 Å². The standard InChI is InChI=1S/C23H32N2O5/c1-15(2)20(25-9-11-29-12-10-25)14-24-22(26)8-7-19-16(3)18-6-5-17(28-4)13-21(18)30-23(19)27/h5-6,13,15,20H,7-12,14H2,1-4H3,(H,24,26). The van der Waals surface area contributed by atoms with Gasteiger partial charge in [0, 0.05) is 49.1 Å². The van der Waals surface area contributed by atoms with Gasteiger partial charge in [0.15, 0.2) is 0 Å². The second-order valence-corrected chi connectivity index (χ2v) is 8.12. The van der Waals surface area contributed by atoms with Crippen molar-refractivity contribution in [3.05, 3.63) is 39.7 Å². The lowest BCUT2D eigenvalue weighted by molar-refractivity contribution is -0.121. The Kier molecular flexibility index (Phi) is 7.50. The monoisotopic (exact) mass is 416 g/mol. The predicted molar refractivity (Wildman–Crippen MR) is 116 cm³/mol. The van der Waals surface area contributed by atoms with Crippen molar-refractivity contribution < 1.29 is 18.7 Å². The van der Waals surface area contributed by atoms with E-state index in [1.165, 1.54) is 0 Å². The summed E-state index contributed by atoms with van der Waals surface area (Å²) in [5.74, 6) is 1.01. The van der Waals surface area contributed by atoms with Crippen molar-refractivity contribution in [2.75, 3.05) is 40.0 Å². The largest absolute Gasteiger partial charge is 0.497 e. The molecule has 1 atom stereocenters. The normalized spacial score (nSPS) is 16.0. The van der Waals surface area contributed by atoms with Gasteiger partial charge in [0.25, 0.3) is 0 Å². The van der Waals surface area contributed by atoms with Crippen LogP contribution in [0.15, 0.2) is 27.4 Å². The first-order chi connectivity index (χ1) is 14.4. The maximum atomic E-state index is 12.5. The van der Waals surface area contributed by atoms with Gasteiger partial charge in [-0.3, -0.25) is 9.69 Å². The molecule has 1 amide bonds. The van der Waals surface area contributed by atoms with Crippen LogP contribution >= 0.6 is 0 Å². The van der Waals surface area contributed by atoms with E-state index >= 15 is 0 Å². The lowest BCUT2D eigenvalue weighted by atomic mass is 10.0. The topological polar surface area (TPSA) is 81.0 Å². The van der Waals surface area contributed by atoms with Crippen molar-refractivity contribution in [1.82, 2.24) is 10.2 Å². The molecule has 30 heavy (non-hydrogen) atoms. The van der Waals surface area contributed by atoms with E-state index in [4.69, 9.17) is 13.9 Å². The van der Waals surface area contributed by atoms with E-state index < -0.39 is 5.63 Å². The first kappa shape index (κ1) is 22.3. The maximum absolute atomic E-state index is 12.5. The molecule has 7 heteroatoms. The molecular formula is C23H32N2O5. The summed E-state index contributed by atoms with van der Waals surface area (Å²) in [6, 6.07) is 5.70. The number of amides is 1. The Morgan fingerprint density at radius 3 is 2.67 bits per heavy atom. The third kappa shape index (κ3) is 5.21. The van der Waals surface area contributed by atoms with Crippen molar-refractivity contribution in [1.29, 1.82) is 0 Å². The quantitative estimate of drug-likeness (QED) is 0.666. The summed E-state index contributed by atoms with van der Waals surface area (Å²) in [6.45, 7) is 10.1. The Balaban J connectivity index is 1.62. The van der Waals surface area contributed by atoms with E-state index in [-0.39, 0.29) is 18.4 Å². The molecule has 2 aromatic rings. The van der Waals surface area contributed by atoms with Gasteiger partial charge in [0.05, 0.1) is 20.3 Å². The molecule has 1 unspecified atom stereocenters. The van der Waals surface area contributed by atoms with Gasteiger partial charge in [0.1, 0.15) is 11.3 Å². The predicted octanol–water partition coefficient (Wildman–Crippen LogP) is 2.52. The molecule has 1 saturated heterocycles. The average Bonchev–Trinajstić information content (AvgIpc) is 2.73. The number of fused-ring (bicyclic) bond motifs is 1. The summed E-state index contributed by atoms with van der Waals surface area (Å²) in [6.07, 6.45) is 0.604. The first-order valence-electron chi connectivity index (χ1n) is 10.6. The second-order valence-electron chi connectivity index (χ2n) is 8.12. The Labute approximate surface area is 177 Å². The van der Waals surface area contributed by atoms with Crippen LogP contribution in [-0.4, -0.2) is 56.8 Å². The number of carbonyl (C=O) groups is 1. The third-order valence-electron chi connectivity index (χ3n) is 5.89. The Hall–Kier alpha value is -2.38. The number of hydrogen-bond donors (Lipinski definition) is 1. The minimum absolute atomic E-state index is 0.0532. The van der Waals surface area contributed by atoms with E-state index in [2.05, 4.69) is 24.1 Å². The number of nitrogens with zero attached hydrogens (tertiary/aromatic N) is 1. The molecule has 3 rings (SSSR count). The fraction of sp³-hybridized carbons (Fsp3) is 0.565. The van der Waals surface area contributed by atoms with Crippen LogP contribution in [-0.2, 0) is 16.0 Å². The highest BCUT2D eigenvalue weighted by Gasteiger charge is 2.24. The number of morpholine rings is 1. The van der Waals surface area contributed by atoms with Crippen LogP contribution in [0.3, 0.4) is 0 Å². The summed E-state index contributed by atoms with van der Waals surface area (Å²) in [7, 11) is 1.57. The van der Waals surface area contributed by atoms with Crippen LogP contribution in [0.1, 0.15) is 31.4 Å². The van der Waals surface area contributed by atoms with Gasteiger partial charge in [-0.15, -0.1) is 0 Å². The third-order valence-corrected chi connectivity index (χ3v) is 5.89. The second kappa shape index (κ2) is 10.1. The van der Waals surface area contributed by atoms with Crippen molar-refractivity contribution in [2.45, 2.75) is 39.7 Å². The lowest BCUT2D eigenvalue weighted by Crippen LogP contribution is -2.51. The van der Waals surface area contributed by atoms with Crippen LogP contribution in [0.4, 0.5) is 0 Å². The molecule has 1 aliphatic heterocycles. The minimum atomic E-state index is -0.394. The van der Waals surface area contributed by atoms with Gasteiger partial charge >= 0.3 is 5.63 Å². The molecular weight excluding hydrogens is 384 g/mol. The van der Waals surface area contributed by atoms with Gasteiger partial charge in [-0.25, -0.2) is 4.79 Å². The van der Waals surface area contributed by atoms with Crippen molar-refractivity contribution >= 4 is 16.9 Å². The van der Waals surface area contributed by atoms with E-state index in [1.807, 2.05) is 19.1 Å². The summed E-state index contributed by atoms with van der Waals surface area (Å²) in [5, 5.41) is 3.91. The zero-order valence-corrected chi connectivity index (χ0v) is 18.3. The molecule has 164 valence electrons. The highest BCUT2D eigenvalue weighted by molar-refractivity contribution is 5.82. The summed E-state index contributed by atoms with van der Waals surface area (Å²) in [5.41, 5.74) is 1.51. The number of benzene rings is 1. The SMILES string of the molecule is COc1ccc2c(C)c(CCC(=O)NCC(C(C)C)N3CCOCC3)c(=O)oc2c1. The Morgan fingerprint density at radius 1 is 1.27 bits per heavy atom. The lowest BCUT2D eigenvalue weighted by Gasteiger charge is -2.36. The highest BCUT2D eigenvalue weighted by Crippen LogP contribution is 2.24. The molecule has 0 spiro atoms. The van der Waals surface area contributed by atoms with Crippen molar-refractivity contribution in [2.24, 2.45) is 5.92 Å². The highest BCUT2D eigenvalue weighted by atomic mass is 16.5. The first-order valence-corrected chi connectivity index (χ1v) is 10.6. The number of rotatable bonds is 8. The number of methoxy groups -OCH3 is 1. The van der Waals surface area contributed by atoms with E-state index in [9.17, 15) is 9.59 Å². The number of carbonyl (C=O) groups excluding carboxylic acids is 1. The molecule has 1 aromatic heterocycles. The number of ether oxygens (including phenoxy) is 2. The van der Waals surface area contributed by atoms with Gasteiger partial charge in [-0.2, -0.15) is 0 Å². The molecule has 1 fully saturated rings. The number of aryl methyl sites for hydroxylation is 1. The molecule has 0 radical (unpaired) electrons. The fourth-order valence-corrected chi connectivity index (χ4v) is 4.03. The van der Waals surface area contributed by atoms with Crippen LogP contribution in [0.25, 0.3) is 11.0 Å². The van der Waals surface area contributed by atoms with Gasteiger partial charge in [0.2, 0.25) is 5.91 Å².